The summed E-state index contributed by atoms with van der Waals surface area (Å²) in [5.74, 6) is -1.22. The van der Waals surface area contributed by atoms with Crippen molar-refractivity contribution in [1.82, 2.24) is 15.5 Å². The maximum absolute atomic E-state index is 13.6. The minimum absolute atomic E-state index is 0.120. The van der Waals surface area contributed by atoms with Crippen LogP contribution >= 0.6 is 0 Å². The van der Waals surface area contributed by atoms with Crippen molar-refractivity contribution in [3.8, 4) is 0 Å². The molecule has 3 saturated heterocycles. The van der Waals surface area contributed by atoms with Crippen molar-refractivity contribution >= 4 is 0 Å². The molecule has 0 aliphatic carbocycles. The van der Waals surface area contributed by atoms with Gasteiger partial charge in [-0.2, -0.15) is 13.2 Å². The highest BCUT2D eigenvalue weighted by atomic mass is 19.4. The number of rotatable bonds is 3. The zero-order valence-electron chi connectivity index (χ0n) is 17.1. The van der Waals surface area contributed by atoms with Crippen LogP contribution in [-0.4, -0.2) is 69.7 Å². The molecular weight excluding hydrogens is 422 g/mol. The van der Waals surface area contributed by atoms with Gasteiger partial charge in [-0.05, 0) is 38.0 Å². The number of benzene rings is 1. The summed E-state index contributed by atoms with van der Waals surface area (Å²) in [6.45, 7) is 4.46. The Morgan fingerprint density at radius 1 is 1.29 bits per heavy atom. The lowest BCUT2D eigenvalue weighted by atomic mass is 9.87. The fourth-order valence-corrected chi connectivity index (χ4v) is 4.99. The molecule has 0 aromatic heterocycles. The van der Waals surface area contributed by atoms with Gasteiger partial charge in [-0.25, -0.2) is 4.39 Å². The molecule has 174 valence electrons. The fourth-order valence-electron chi connectivity index (χ4n) is 4.99. The molecule has 3 unspecified atom stereocenters. The Balaban J connectivity index is 1.59. The molecule has 0 spiro atoms. The normalized spacial score (nSPS) is 40.2. The minimum Gasteiger partial charge on any atom is -0.386 e. The van der Waals surface area contributed by atoms with Crippen LogP contribution in [0.4, 0.5) is 17.6 Å². The minimum atomic E-state index is -4.94. The average Bonchev–Trinajstić information content (AvgIpc) is 3.21. The molecule has 3 aliphatic rings. The Bertz CT molecular complexity index is 824. The summed E-state index contributed by atoms with van der Waals surface area (Å²) in [6, 6.07) is 2.36. The van der Waals surface area contributed by atoms with Gasteiger partial charge in [0.2, 0.25) is 0 Å². The van der Waals surface area contributed by atoms with Crippen molar-refractivity contribution in [2.45, 2.75) is 68.8 Å². The van der Waals surface area contributed by atoms with E-state index in [4.69, 9.17) is 4.74 Å². The molecule has 4 rings (SSSR count). The third kappa shape index (κ3) is 3.86. The molecule has 0 bridgehead atoms. The Labute approximate surface area is 177 Å². The molecule has 11 heteroatoms. The quantitative estimate of drug-likeness (QED) is 0.438. The summed E-state index contributed by atoms with van der Waals surface area (Å²) in [4.78, 5) is 1.87. The van der Waals surface area contributed by atoms with E-state index < -0.39 is 47.7 Å². The van der Waals surface area contributed by atoms with E-state index in [1.54, 1.807) is 0 Å². The van der Waals surface area contributed by atoms with Crippen LogP contribution in [0.1, 0.15) is 37.5 Å². The summed E-state index contributed by atoms with van der Waals surface area (Å²) >= 11 is 0. The van der Waals surface area contributed by atoms with Crippen LogP contribution in [0.15, 0.2) is 18.2 Å². The molecule has 3 aliphatic heterocycles. The molecule has 0 saturated carbocycles. The molecule has 0 amide bonds. The predicted octanol–water partition coefficient (Wildman–Crippen LogP) is 0.902. The van der Waals surface area contributed by atoms with Crippen molar-refractivity contribution in [1.29, 1.82) is 0 Å². The molecule has 3 fully saturated rings. The summed E-state index contributed by atoms with van der Waals surface area (Å²) in [5, 5.41) is 39.1. The van der Waals surface area contributed by atoms with Crippen LogP contribution in [0.3, 0.4) is 0 Å². The Morgan fingerprint density at radius 2 is 2.00 bits per heavy atom. The largest absolute Gasteiger partial charge is 0.419 e. The van der Waals surface area contributed by atoms with Crippen LogP contribution in [0.25, 0.3) is 0 Å². The van der Waals surface area contributed by atoms with E-state index in [1.165, 1.54) is 6.92 Å². The lowest BCUT2D eigenvalue weighted by Crippen LogP contribution is -2.62. The van der Waals surface area contributed by atoms with Crippen molar-refractivity contribution in [2.75, 3.05) is 13.2 Å². The van der Waals surface area contributed by atoms with Gasteiger partial charge in [0.05, 0.1) is 11.7 Å². The van der Waals surface area contributed by atoms with Crippen LogP contribution in [0, 0.1) is 11.7 Å². The van der Waals surface area contributed by atoms with Gasteiger partial charge in [0.1, 0.15) is 36.0 Å². The van der Waals surface area contributed by atoms with E-state index in [-0.39, 0.29) is 23.7 Å². The number of fused-ring (bicyclic) bond motifs is 1. The van der Waals surface area contributed by atoms with Crippen molar-refractivity contribution < 1.29 is 37.6 Å². The van der Waals surface area contributed by atoms with Crippen LogP contribution in [-0.2, 0) is 10.9 Å². The van der Waals surface area contributed by atoms with Gasteiger partial charge in [-0.3, -0.25) is 10.2 Å². The van der Waals surface area contributed by atoms with Gasteiger partial charge in [0, 0.05) is 25.2 Å². The van der Waals surface area contributed by atoms with E-state index in [9.17, 15) is 32.9 Å². The molecule has 3 heterocycles. The third-order valence-corrected chi connectivity index (χ3v) is 6.84. The molecule has 31 heavy (non-hydrogen) atoms. The van der Waals surface area contributed by atoms with Crippen LogP contribution < -0.4 is 10.6 Å². The van der Waals surface area contributed by atoms with Gasteiger partial charge in [0.25, 0.3) is 0 Å². The molecule has 8 atom stereocenters. The number of nitrogens with zero attached hydrogens (tertiary/aromatic N) is 1. The van der Waals surface area contributed by atoms with Gasteiger partial charge in [-0.15, -0.1) is 0 Å². The second kappa shape index (κ2) is 7.91. The number of likely N-dealkylation sites (tertiary alicyclic amines) is 1. The van der Waals surface area contributed by atoms with Gasteiger partial charge in [-0.1, -0.05) is 6.07 Å². The lowest BCUT2D eigenvalue weighted by Gasteiger charge is -2.40. The first-order valence-electron chi connectivity index (χ1n) is 10.3. The highest BCUT2D eigenvalue weighted by Gasteiger charge is 2.59. The average molecular weight is 449 g/mol. The number of aliphatic hydroxyl groups is 3. The summed E-state index contributed by atoms with van der Waals surface area (Å²) in [6.07, 6.45) is -9.76. The maximum atomic E-state index is 13.6. The number of aliphatic hydroxyl groups excluding tert-OH is 2. The number of alkyl halides is 3. The number of ether oxygens (including phenoxy) is 1. The molecular formula is C20H27F4N3O4. The fraction of sp³-hybridized carbons (Fsp3) is 0.700. The lowest BCUT2D eigenvalue weighted by molar-refractivity contribution is -0.141. The van der Waals surface area contributed by atoms with Crippen LogP contribution in [0.5, 0.6) is 0 Å². The standard InChI is InChI=1S/C20H27F4N3O4/c1-9-11-5-6-27(17(11)26-8-25-9)18-15(29)19(2,30)16(31-18)14(28)10-3-4-13(21)12(7-10)20(22,23)24/h3-4,7,9,11,14-18,25-26,28-30H,5-6,8H2,1-2H3/t9?,11?,14-,15+,16-,17?,18-,19+/m1/s1. The third-order valence-electron chi connectivity index (χ3n) is 6.84. The van der Waals surface area contributed by atoms with Gasteiger partial charge in [0.15, 0.2) is 0 Å². The number of nitrogens with one attached hydrogen (secondary N) is 2. The molecule has 1 aromatic rings. The molecule has 5 N–H and O–H groups in total. The highest BCUT2D eigenvalue weighted by molar-refractivity contribution is 5.30. The highest BCUT2D eigenvalue weighted by Crippen LogP contribution is 2.43. The first kappa shape index (κ1) is 22.8. The monoisotopic (exact) mass is 449 g/mol. The van der Waals surface area contributed by atoms with Crippen molar-refractivity contribution in [2.24, 2.45) is 5.92 Å². The van der Waals surface area contributed by atoms with E-state index in [2.05, 4.69) is 17.6 Å². The Hall–Kier alpha value is -1.34. The first-order valence-corrected chi connectivity index (χ1v) is 10.3. The summed E-state index contributed by atoms with van der Waals surface area (Å²) in [7, 11) is 0. The Kier molecular flexibility index (Phi) is 5.83. The zero-order valence-corrected chi connectivity index (χ0v) is 17.1. The molecule has 7 nitrogen and oxygen atoms in total. The number of hydrogen-bond donors (Lipinski definition) is 5. The number of halogens is 4. The van der Waals surface area contributed by atoms with Gasteiger partial charge < -0.3 is 25.4 Å². The second-order valence-electron chi connectivity index (χ2n) is 8.81. The first-order chi connectivity index (χ1) is 14.4. The second-order valence-corrected chi connectivity index (χ2v) is 8.81. The van der Waals surface area contributed by atoms with Crippen molar-refractivity contribution in [3.63, 3.8) is 0 Å². The zero-order chi connectivity index (χ0) is 22.7. The van der Waals surface area contributed by atoms with Gasteiger partial charge >= 0.3 is 6.18 Å². The molecule has 0 radical (unpaired) electrons. The number of hydrogen-bond acceptors (Lipinski definition) is 7. The predicted molar refractivity (Wildman–Crippen MR) is 101 cm³/mol. The topological polar surface area (TPSA) is 97.2 Å². The van der Waals surface area contributed by atoms with Crippen LogP contribution in [0.2, 0.25) is 0 Å². The van der Waals surface area contributed by atoms with Crippen molar-refractivity contribution in [3.05, 3.63) is 35.1 Å². The van der Waals surface area contributed by atoms with E-state index >= 15 is 0 Å². The SMILES string of the molecule is CC1NCNC2C1CCN2[C@@H]1O[C@H]([C@H](O)c2ccc(F)c(C(F)(F)F)c2)[C@@](C)(O)[C@H]1O. The Morgan fingerprint density at radius 3 is 2.68 bits per heavy atom. The maximum Gasteiger partial charge on any atom is 0.419 e. The smallest absolute Gasteiger partial charge is 0.386 e. The summed E-state index contributed by atoms with van der Waals surface area (Å²) < 4.78 is 58.7. The van der Waals surface area contributed by atoms with E-state index in [1.807, 2.05) is 4.90 Å². The summed E-state index contributed by atoms with van der Waals surface area (Å²) in [5.41, 5.74) is -3.73. The molecule has 1 aromatic carbocycles. The van der Waals surface area contributed by atoms with E-state index in [0.29, 0.717) is 25.3 Å². The van der Waals surface area contributed by atoms with E-state index in [0.717, 1.165) is 12.5 Å².